The first-order valence-electron chi connectivity index (χ1n) is 11.1. The molecule has 1 aromatic carbocycles. The van der Waals surface area contributed by atoms with Gasteiger partial charge in [-0.05, 0) is 61.0 Å². The number of nitrogens with one attached hydrogen (secondary N) is 2. The highest BCUT2D eigenvalue weighted by atomic mass is 32.1. The quantitative estimate of drug-likeness (QED) is 0.521. The molecule has 8 heteroatoms. The van der Waals surface area contributed by atoms with Crippen LogP contribution in [0, 0.1) is 6.92 Å². The maximum absolute atomic E-state index is 13.5. The zero-order valence-corrected chi connectivity index (χ0v) is 19.3. The molecule has 0 unspecified atom stereocenters. The number of hydrogen-bond acceptors (Lipinski definition) is 5. The molecule has 3 aromatic rings. The number of amides is 3. The van der Waals surface area contributed by atoms with E-state index in [0.717, 1.165) is 31.2 Å². The van der Waals surface area contributed by atoms with Crippen molar-refractivity contribution in [2.75, 3.05) is 11.4 Å². The Morgan fingerprint density at radius 1 is 1.12 bits per heavy atom. The summed E-state index contributed by atoms with van der Waals surface area (Å²) in [6.07, 6.45) is 5.48. The Kier molecular flexibility index (Phi) is 7.24. The first kappa shape index (κ1) is 22.8. The third-order valence-corrected chi connectivity index (χ3v) is 6.58. The van der Waals surface area contributed by atoms with E-state index < -0.39 is 11.9 Å². The molecule has 0 bridgehead atoms. The van der Waals surface area contributed by atoms with Gasteiger partial charge in [0, 0.05) is 11.7 Å². The number of carbonyl (C=O) groups excluding carboxylic acids is 3. The van der Waals surface area contributed by atoms with Crippen molar-refractivity contribution in [3.05, 3.63) is 76.4 Å². The molecule has 2 N–H and O–H groups in total. The highest BCUT2D eigenvalue weighted by molar-refractivity contribution is 7.12. The molecule has 1 saturated carbocycles. The maximum atomic E-state index is 13.5. The molecule has 1 atom stereocenters. The summed E-state index contributed by atoms with van der Waals surface area (Å²) >= 11 is 1.30. The third kappa shape index (κ3) is 5.51. The van der Waals surface area contributed by atoms with Gasteiger partial charge in [-0.15, -0.1) is 11.3 Å². The van der Waals surface area contributed by atoms with E-state index in [1.54, 1.807) is 35.7 Å². The molecule has 2 heterocycles. The first-order chi connectivity index (χ1) is 16.0. The van der Waals surface area contributed by atoms with Crippen LogP contribution in [-0.4, -0.2) is 30.3 Å². The van der Waals surface area contributed by atoms with Crippen LogP contribution in [0.4, 0.5) is 5.69 Å². The molecule has 4 rings (SSSR count). The van der Waals surface area contributed by atoms with Gasteiger partial charge in [-0.25, -0.2) is 0 Å². The number of aryl methyl sites for hydroxylation is 1. The van der Waals surface area contributed by atoms with E-state index >= 15 is 0 Å². The van der Waals surface area contributed by atoms with Crippen LogP contribution in [0.5, 0.6) is 0 Å². The molecule has 1 aliphatic carbocycles. The Bertz CT molecular complexity index is 1090. The van der Waals surface area contributed by atoms with Crippen molar-refractivity contribution in [1.29, 1.82) is 0 Å². The van der Waals surface area contributed by atoms with Gasteiger partial charge in [0.2, 0.25) is 5.91 Å². The number of rotatable bonds is 8. The van der Waals surface area contributed by atoms with Gasteiger partial charge < -0.3 is 15.1 Å². The van der Waals surface area contributed by atoms with Gasteiger partial charge in [0.05, 0.1) is 17.7 Å². The van der Waals surface area contributed by atoms with Crippen molar-refractivity contribution >= 4 is 34.7 Å². The summed E-state index contributed by atoms with van der Waals surface area (Å²) in [6, 6.07) is 13.3. The predicted octanol–water partition coefficient (Wildman–Crippen LogP) is 4.21. The van der Waals surface area contributed by atoms with Crippen LogP contribution in [0.15, 0.2) is 64.6 Å². The summed E-state index contributed by atoms with van der Waals surface area (Å²) in [5, 5.41) is 7.58. The van der Waals surface area contributed by atoms with E-state index in [1.165, 1.54) is 22.5 Å². The van der Waals surface area contributed by atoms with Crippen molar-refractivity contribution in [1.82, 2.24) is 10.6 Å². The minimum atomic E-state index is -0.992. The van der Waals surface area contributed by atoms with Gasteiger partial charge in [-0.1, -0.05) is 31.0 Å². The molecule has 0 aliphatic heterocycles. The lowest BCUT2D eigenvalue weighted by Gasteiger charge is -2.31. The topological polar surface area (TPSA) is 91.7 Å². The summed E-state index contributed by atoms with van der Waals surface area (Å²) in [6.45, 7) is 1.67. The molecule has 33 heavy (non-hydrogen) atoms. The minimum absolute atomic E-state index is 0.0861. The minimum Gasteiger partial charge on any atom is -0.467 e. The lowest BCUT2D eigenvalue weighted by molar-refractivity contribution is -0.127. The number of hydrogen-bond donors (Lipinski definition) is 2. The Morgan fingerprint density at radius 3 is 2.61 bits per heavy atom. The number of benzene rings is 1. The Hall–Kier alpha value is -3.39. The van der Waals surface area contributed by atoms with Crippen LogP contribution in [0.2, 0.25) is 0 Å². The maximum Gasteiger partial charge on any atom is 0.261 e. The van der Waals surface area contributed by atoms with Crippen molar-refractivity contribution in [3.63, 3.8) is 0 Å². The number of nitrogens with zero attached hydrogens (tertiary/aromatic N) is 1. The standard InChI is InChI=1S/C25H27N3O4S/c1-17-7-4-10-19(15-17)28(22(29)16-26-24(30)21-12-6-14-33-21)23(20-11-5-13-32-20)25(31)27-18-8-2-3-9-18/h4-7,10-15,18,23H,2-3,8-9,16H2,1H3,(H,26,30)(H,27,31)/t23-/m0/s1. The zero-order chi connectivity index (χ0) is 23.2. The molecule has 0 spiro atoms. The molecule has 172 valence electrons. The van der Waals surface area contributed by atoms with Gasteiger partial charge >= 0.3 is 0 Å². The van der Waals surface area contributed by atoms with Crippen molar-refractivity contribution < 1.29 is 18.8 Å². The summed E-state index contributed by atoms with van der Waals surface area (Å²) in [5.41, 5.74) is 1.51. The molecule has 7 nitrogen and oxygen atoms in total. The Morgan fingerprint density at radius 2 is 1.94 bits per heavy atom. The lowest BCUT2D eigenvalue weighted by atomic mass is 10.1. The van der Waals surface area contributed by atoms with E-state index in [0.29, 0.717) is 16.3 Å². The first-order valence-corrected chi connectivity index (χ1v) is 11.9. The van der Waals surface area contributed by atoms with Crippen molar-refractivity contribution in [2.45, 2.75) is 44.7 Å². The Labute approximate surface area is 196 Å². The second-order valence-corrected chi connectivity index (χ2v) is 9.12. The predicted molar refractivity (Wildman–Crippen MR) is 127 cm³/mol. The van der Waals surface area contributed by atoms with Crippen molar-refractivity contribution in [3.8, 4) is 0 Å². The monoisotopic (exact) mass is 465 g/mol. The van der Waals surface area contributed by atoms with Crippen molar-refractivity contribution in [2.24, 2.45) is 0 Å². The molecule has 0 radical (unpaired) electrons. The SMILES string of the molecule is Cc1cccc(N(C(=O)CNC(=O)c2cccs2)[C@H](C(=O)NC2CCCC2)c2ccco2)c1. The van der Waals surface area contributed by atoms with Crippen LogP contribution < -0.4 is 15.5 Å². The van der Waals surface area contributed by atoms with Crippen LogP contribution in [0.25, 0.3) is 0 Å². The summed E-state index contributed by atoms with van der Waals surface area (Å²) in [4.78, 5) is 41.3. The number of thiophene rings is 1. The second kappa shape index (κ2) is 10.5. The zero-order valence-electron chi connectivity index (χ0n) is 18.5. The number of carbonyl (C=O) groups is 3. The summed E-state index contributed by atoms with van der Waals surface area (Å²) in [7, 11) is 0. The van der Waals surface area contributed by atoms with Gasteiger partial charge in [0.15, 0.2) is 6.04 Å². The second-order valence-electron chi connectivity index (χ2n) is 8.17. The van der Waals surface area contributed by atoms with Crippen LogP contribution >= 0.6 is 11.3 Å². The summed E-state index contributed by atoms with van der Waals surface area (Å²) in [5.74, 6) is -0.665. The summed E-state index contributed by atoms with van der Waals surface area (Å²) < 4.78 is 5.61. The van der Waals surface area contributed by atoms with E-state index in [2.05, 4.69) is 10.6 Å². The van der Waals surface area contributed by atoms with Crippen LogP contribution in [0.1, 0.15) is 52.7 Å². The fourth-order valence-electron chi connectivity index (χ4n) is 4.12. The number of anilines is 1. The molecule has 3 amide bonds. The fraction of sp³-hybridized carbons (Fsp3) is 0.320. The lowest BCUT2D eigenvalue weighted by Crippen LogP contribution is -2.49. The normalized spacial score (nSPS) is 14.6. The smallest absolute Gasteiger partial charge is 0.261 e. The number of furan rings is 1. The average Bonchev–Trinajstić information content (AvgIpc) is 3.58. The largest absolute Gasteiger partial charge is 0.467 e. The van der Waals surface area contributed by atoms with Gasteiger partial charge in [0.1, 0.15) is 5.76 Å². The molecule has 1 fully saturated rings. The molecule has 1 aliphatic rings. The molecule has 0 saturated heterocycles. The van der Waals surface area contributed by atoms with E-state index in [4.69, 9.17) is 4.42 Å². The fourth-order valence-corrected chi connectivity index (χ4v) is 4.76. The highest BCUT2D eigenvalue weighted by Gasteiger charge is 2.36. The van der Waals surface area contributed by atoms with E-state index in [9.17, 15) is 14.4 Å². The van der Waals surface area contributed by atoms with Gasteiger partial charge in [0.25, 0.3) is 11.8 Å². The van der Waals surface area contributed by atoms with Gasteiger partial charge in [-0.3, -0.25) is 19.3 Å². The van der Waals surface area contributed by atoms with Crippen LogP contribution in [-0.2, 0) is 9.59 Å². The van der Waals surface area contributed by atoms with E-state index in [1.807, 2.05) is 25.1 Å². The molecular formula is C25H27N3O4S. The molecule has 2 aromatic heterocycles. The Balaban J connectivity index is 1.63. The van der Waals surface area contributed by atoms with E-state index in [-0.39, 0.29) is 24.4 Å². The third-order valence-electron chi connectivity index (χ3n) is 5.71. The molecular weight excluding hydrogens is 438 g/mol. The van der Waals surface area contributed by atoms with Gasteiger partial charge in [-0.2, -0.15) is 0 Å². The highest BCUT2D eigenvalue weighted by Crippen LogP contribution is 2.30. The average molecular weight is 466 g/mol. The van der Waals surface area contributed by atoms with Crippen LogP contribution in [0.3, 0.4) is 0 Å².